The van der Waals surface area contributed by atoms with Crippen LogP contribution in [0.2, 0.25) is 0 Å². The Kier molecular flexibility index (Phi) is 4.49. The lowest BCUT2D eigenvalue weighted by atomic mass is 10.1. The van der Waals surface area contributed by atoms with Crippen LogP contribution in [0.15, 0.2) is 21.2 Å². The zero-order valence-electron chi connectivity index (χ0n) is 9.40. The van der Waals surface area contributed by atoms with E-state index < -0.39 is 34.5 Å². The van der Waals surface area contributed by atoms with Gasteiger partial charge in [-0.25, -0.2) is 0 Å². The van der Waals surface area contributed by atoms with Crippen LogP contribution >= 0.6 is 23.4 Å². The molecule has 0 amide bonds. The quantitative estimate of drug-likeness (QED) is 0.335. The SMILES string of the molecule is CN1C=C(Cl)SC1=C(C(=O)C(F)(F)F)C(=O)C(F)(F)F. The molecule has 3 nitrogen and oxygen atoms in total. The third-order valence-electron chi connectivity index (χ3n) is 1.99. The Balaban J connectivity index is 3.42. The minimum Gasteiger partial charge on any atom is -0.343 e. The number of carbonyl (C=O) groups excluding carboxylic acids is 2. The molecule has 11 heteroatoms. The molecule has 0 aliphatic carbocycles. The van der Waals surface area contributed by atoms with Gasteiger partial charge >= 0.3 is 12.4 Å². The van der Waals surface area contributed by atoms with Gasteiger partial charge < -0.3 is 4.90 Å². The van der Waals surface area contributed by atoms with Gasteiger partial charge in [0.1, 0.15) is 5.57 Å². The van der Waals surface area contributed by atoms with E-state index in [1.165, 1.54) is 0 Å². The van der Waals surface area contributed by atoms with Crippen LogP contribution in [0, 0.1) is 0 Å². The highest BCUT2D eigenvalue weighted by molar-refractivity contribution is 8.08. The molecule has 1 aliphatic heterocycles. The molecule has 0 aromatic rings. The number of rotatable bonds is 2. The van der Waals surface area contributed by atoms with E-state index in [1.54, 1.807) is 0 Å². The molecule has 0 aromatic heterocycles. The topological polar surface area (TPSA) is 37.4 Å². The summed E-state index contributed by atoms with van der Waals surface area (Å²) >= 11 is 5.71. The van der Waals surface area contributed by atoms with Gasteiger partial charge in [-0.1, -0.05) is 23.4 Å². The van der Waals surface area contributed by atoms with Crippen LogP contribution in [0.1, 0.15) is 0 Å². The number of Topliss-reactive ketones (excluding diaryl/α,β-unsaturated/α-hetero) is 2. The van der Waals surface area contributed by atoms with Crippen LogP contribution in [0.25, 0.3) is 0 Å². The van der Waals surface area contributed by atoms with Gasteiger partial charge in [0, 0.05) is 13.2 Å². The first-order chi connectivity index (χ1) is 8.85. The first-order valence-corrected chi connectivity index (χ1v) is 5.80. The predicted molar refractivity (Wildman–Crippen MR) is 58.4 cm³/mol. The maximum Gasteiger partial charge on any atom is 0.455 e. The zero-order valence-corrected chi connectivity index (χ0v) is 11.0. The summed E-state index contributed by atoms with van der Waals surface area (Å²) in [6.07, 6.45) is -10.2. The van der Waals surface area contributed by atoms with Gasteiger partial charge in [0.15, 0.2) is 0 Å². The fourth-order valence-corrected chi connectivity index (χ4v) is 2.46. The van der Waals surface area contributed by atoms with Gasteiger partial charge in [-0.2, -0.15) is 26.3 Å². The molecule has 0 fully saturated rings. The lowest BCUT2D eigenvalue weighted by Gasteiger charge is -2.17. The molecule has 1 rings (SSSR count). The zero-order chi connectivity index (χ0) is 15.9. The summed E-state index contributed by atoms with van der Waals surface area (Å²) in [5.41, 5.74) is -2.00. The van der Waals surface area contributed by atoms with E-state index in [0.717, 1.165) is 18.1 Å². The standard InChI is InChI=1S/C9H4ClF6NO2S/c1-17-2-3(10)20-7(17)4(5(18)8(11,12)13)6(19)9(14,15)16/h2H,1H3. The van der Waals surface area contributed by atoms with E-state index in [9.17, 15) is 35.9 Å². The van der Waals surface area contributed by atoms with Crippen molar-refractivity contribution in [3.05, 3.63) is 21.2 Å². The van der Waals surface area contributed by atoms with Crippen LogP contribution in [-0.4, -0.2) is 35.9 Å². The first kappa shape index (κ1) is 16.9. The predicted octanol–water partition coefficient (Wildman–Crippen LogP) is 3.18. The lowest BCUT2D eigenvalue weighted by molar-refractivity contribution is -0.175. The van der Waals surface area contributed by atoms with E-state index in [4.69, 9.17) is 11.6 Å². The molecule has 0 unspecified atom stereocenters. The Morgan fingerprint density at radius 2 is 1.50 bits per heavy atom. The molecular formula is C9H4ClF6NO2S. The normalized spacial score (nSPS) is 16.3. The van der Waals surface area contributed by atoms with Crippen molar-refractivity contribution in [2.24, 2.45) is 0 Å². The Labute approximate surface area is 117 Å². The van der Waals surface area contributed by atoms with Crippen molar-refractivity contribution in [2.75, 3.05) is 7.05 Å². The summed E-state index contributed by atoms with van der Waals surface area (Å²) in [6, 6.07) is 0. The number of carbonyl (C=O) groups is 2. The molecule has 0 N–H and O–H groups in total. The van der Waals surface area contributed by atoms with Gasteiger partial charge in [0.2, 0.25) is 0 Å². The number of nitrogens with zero attached hydrogens (tertiary/aromatic N) is 1. The van der Waals surface area contributed by atoms with Crippen molar-refractivity contribution in [3.63, 3.8) is 0 Å². The number of hydrogen-bond donors (Lipinski definition) is 0. The summed E-state index contributed by atoms with van der Waals surface area (Å²) in [6.45, 7) is 0. The number of hydrogen-bond acceptors (Lipinski definition) is 4. The van der Waals surface area contributed by atoms with Crippen LogP contribution < -0.4 is 0 Å². The van der Waals surface area contributed by atoms with E-state index in [1.807, 2.05) is 0 Å². The van der Waals surface area contributed by atoms with Crippen molar-refractivity contribution in [1.29, 1.82) is 0 Å². The van der Waals surface area contributed by atoms with Crippen LogP contribution in [0.4, 0.5) is 26.3 Å². The average molecular weight is 340 g/mol. The maximum absolute atomic E-state index is 12.3. The highest BCUT2D eigenvalue weighted by atomic mass is 35.5. The van der Waals surface area contributed by atoms with Gasteiger partial charge in [-0.15, -0.1) is 0 Å². The third-order valence-corrected chi connectivity index (χ3v) is 3.31. The van der Waals surface area contributed by atoms with Gasteiger partial charge in [0.25, 0.3) is 11.6 Å². The largest absolute Gasteiger partial charge is 0.455 e. The molecule has 0 saturated heterocycles. The molecule has 0 bridgehead atoms. The van der Waals surface area contributed by atoms with E-state index >= 15 is 0 Å². The highest BCUT2D eigenvalue weighted by Crippen LogP contribution is 2.42. The Morgan fingerprint density at radius 3 is 1.75 bits per heavy atom. The number of thioether (sulfide) groups is 1. The molecule has 112 valence electrons. The fourth-order valence-electron chi connectivity index (χ4n) is 1.21. The molecule has 0 atom stereocenters. The number of halogens is 7. The van der Waals surface area contributed by atoms with Crippen molar-refractivity contribution in [1.82, 2.24) is 4.90 Å². The molecular weight excluding hydrogens is 336 g/mol. The number of alkyl halides is 6. The molecule has 20 heavy (non-hydrogen) atoms. The van der Waals surface area contributed by atoms with Crippen LogP contribution in [-0.2, 0) is 9.59 Å². The number of allylic oxidation sites excluding steroid dienone is 1. The Hall–Kier alpha value is -1.16. The van der Waals surface area contributed by atoms with Crippen molar-refractivity contribution >= 4 is 34.9 Å². The fraction of sp³-hybridized carbons (Fsp3) is 0.333. The van der Waals surface area contributed by atoms with Crippen LogP contribution in [0.5, 0.6) is 0 Å². The van der Waals surface area contributed by atoms with Crippen molar-refractivity contribution in [3.8, 4) is 0 Å². The summed E-state index contributed by atoms with van der Waals surface area (Å²) < 4.78 is 73.9. The summed E-state index contributed by atoms with van der Waals surface area (Å²) in [5.74, 6) is -5.73. The minimum atomic E-state index is -5.61. The summed E-state index contributed by atoms with van der Waals surface area (Å²) in [5, 5.41) is -0.820. The maximum atomic E-state index is 12.3. The van der Waals surface area contributed by atoms with Crippen molar-refractivity contribution < 1.29 is 35.9 Å². The molecule has 0 saturated carbocycles. The second-order valence-electron chi connectivity index (χ2n) is 3.48. The Bertz CT molecular complexity index is 494. The first-order valence-electron chi connectivity index (χ1n) is 4.61. The third kappa shape index (κ3) is 3.48. The van der Waals surface area contributed by atoms with E-state index in [0.29, 0.717) is 0 Å². The molecule has 0 spiro atoms. The van der Waals surface area contributed by atoms with Crippen LogP contribution in [0.3, 0.4) is 0 Å². The average Bonchev–Trinajstić information content (AvgIpc) is 2.55. The summed E-state index contributed by atoms with van der Waals surface area (Å²) in [4.78, 5) is 22.9. The molecule has 0 radical (unpaired) electrons. The minimum absolute atomic E-state index is 0.176. The monoisotopic (exact) mass is 339 g/mol. The number of ketones is 2. The molecule has 1 aliphatic rings. The highest BCUT2D eigenvalue weighted by Gasteiger charge is 2.52. The smallest absolute Gasteiger partial charge is 0.343 e. The summed E-state index contributed by atoms with van der Waals surface area (Å²) in [7, 11) is 1.06. The van der Waals surface area contributed by atoms with E-state index in [2.05, 4.69) is 0 Å². The second-order valence-corrected chi connectivity index (χ2v) is 5.14. The second kappa shape index (κ2) is 5.32. The van der Waals surface area contributed by atoms with Gasteiger partial charge in [-0.05, 0) is 0 Å². The van der Waals surface area contributed by atoms with Gasteiger partial charge in [-0.3, -0.25) is 9.59 Å². The lowest BCUT2D eigenvalue weighted by Crippen LogP contribution is -2.36. The van der Waals surface area contributed by atoms with E-state index in [-0.39, 0.29) is 16.1 Å². The molecule has 1 heterocycles. The Morgan fingerprint density at radius 1 is 1.10 bits per heavy atom. The van der Waals surface area contributed by atoms with Crippen molar-refractivity contribution in [2.45, 2.75) is 12.4 Å². The van der Waals surface area contributed by atoms with Gasteiger partial charge in [0.05, 0.1) is 9.39 Å². The molecule has 0 aromatic carbocycles.